The quantitative estimate of drug-likeness (QED) is 0.638. The van der Waals surface area contributed by atoms with Crippen LogP contribution in [0.2, 0.25) is 10.0 Å². The number of carbonyl (C=O) groups excluding carboxylic acids is 2. The second kappa shape index (κ2) is 8.66. The van der Waals surface area contributed by atoms with Crippen molar-refractivity contribution in [2.75, 3.05) is 18.5 Å². The van der Waals surface area contributed by atoms with E-state index < -0.39 is 6.09 Å². The van der Waals surface area contributed by atoms with E-state index in [0.717, 1.165) is 6.42 Å². The van der Waals surface area contributed by atoms with Crippen LogP contribution in [0.25, 0.3) is 0 Å². The standard InChI is InChI=1S/C13H15Cl2NO4/c1-2-3-12(17)19-6-7-20-13(18)16-9-4-5-10(14)11(15)8-9/h4-5,8H,2-3,6-7H2,1H3,(H,16,18). The Labute approximate surface area is 127 Å². The molecule has 0 aliphatic rings. The minimum Gasteiger partial charge on any atom is -0.462 e. The summed E-state index contributed by atoms with van der Waals surface area (Å²) in [6.45, 7) is 1.90. The third kappa shape index (κ3) is 6.12. The van der Waals surface area contributed by atoms with E-state index in [1.807, 2.05) is 6.92 Å². The van der Waals surface area contributed by atoms with Gasteiger partial charge in [0.2, 0.25) is 0 Å². The molecule has 7 heteroatoms. The van der Waals surface area contributed by atoms with Crippen LogP contribution in [0.15, 0.2) is 18.2 Å². The molecule has 0 aliphatic heterocycles. The molecule has 0 aliphatic carbocycles. The number of amides is 1. The van der Waals surface area contributed by atoms with Crippen molar-refractivity contribution >= 4 is 41.0 Å². The first-order valence-electron chi connectivity index (χ1n) is 6.07. The number of halogens is 2. The molecule has 20 heavy (non-hydrogen) atoms. The van der Waals surface area contributed by atoms with Crippen molar-refractivity contribution in [1.29, 1.82) is 0 Å². The van der Waals surface area contributed by atoms with E-state index in [4.69, 9.17) is 32.7 Å². The van der Waals surface area contributed by atoms with Crippen LogP contribution in [0.4, 0.5) is 10.5 Å². The van der Waals surface area contributed by atoms with E-state index in [9.17, 15) is 9.59 Å². The van der Waals surface area contributed by atoms with E-state index >= 15 is 0 Å². The molecule has 0 spiro atoms. The number of hydrogen-bond donors (Lipinski definition) is 1. The molecule has 1 N–H and O–H groups in total. The van der Waals surface area contributed by atoms with Crippen LogP contribution in [0.1, 0.15) is 19.8 Å². The first kappa shape index (κ1) is 16.6. The van der Waals surface area contributed by atoms with Crippen LogP contribution < -0.4 is 5.32 Å². The van der Waals surface area contributed by atoms with Crippen LogP contribution in [0.5, 0.6) is 0 Å². The molecule has 1 amide bonds. The summed E-state index contributed by atoms with van der Waals surface area (Å²) in [4.78, 5) is 22.5. The SMILES string of the molecule is CCCC(=O)OCCOC(=O)Nc1ccc(Cl)c(Cl)c1. The fourth-order valence-corrected chi connectivity index (χ4v) is 1.59. The maximum atomic E-state index is 11.4. The van der Waals surface area contributed by atoms with E-state index in [1.54, 1.807) is 12.1 Å². The minimum atomic E-state index is -0.657. The van der Waals surface area contributed by atoms with E-state index in [-0.39, 0.29) is 19.2 Å². The Hall–Kier alpha value is -1.46. The summed E-state index contributed by atoms with van der Waals surface area (Å²) >= 11 is 11.6. The van der Waals surface area contributed by atoms with Crippen molar-refractivity contribution in [3.8, 4) is 0 Å². The molecule has 0 unspecified atom stereocenters. The van der Waals surface area contributed by atoms with Gasteiger partial charge in [-0.15, -0.1) is 0 Å². The second-order valence-corrected chi connectivity index (χ2v) is 4.67. The molecule has 0 saturated heterocycles. The van der Waals surface area contributed by atoms with Crippen molar-refractivity contribution in [3.63, 3.8) is 0 Å². The lowest BCUT2D eigenvalue weighted by atomic mass is 10.3. The molecule has 0 saturated carbocycles. The van der Waals surface area contributed by atoms with Gasteiger partial charge in [-0.05, 0) is 24.6 Å². The zero-order chi connectivity index (χ0) is 15.0. The van der Waals surface area contributed by atoms with Crippen molar-refractivity contribution in [1.82, 2.24) is 0 Å². The lowest BCUT2D eigenvalue weighted by Crippen LogP contribution is -2.18. The normalized spacial score (nSPS) is 9.95. The van der Waals surface area contributed by atoms with Gasteiger partial charge >= 0.3 is 12.1 Å². The number of nitrogens with one attached hydrogen (secondary N) is 1. The molecule has 0 fully saturated rings. The molecule has 0 bridgehead atoms. The summed E-state index contributed by atoms with van der Waals surface area (Å²) in [6, 6.07) is 4.66. The van der Waals surface area contributed by atoms with Gasteiger partial charge in [-0.2, -0.15) is 0 Å². The molecular weight excluding hydrogens is 305 g/mol. The third-order valence-corrected chi connectivity index (χ3v) is 2.94. The molecule has 0 aromatic heterocycles. The Morgan fingerprint density at radius 3 is 2.50 bits per heavy atom. The Kier molecular flexibility index (Phi) is 7.18. The Morgan fingerprint density at radius 2 is 1.85 bits per heavy atom. The van der Waals surface area contributed by atoms with Gasteiger partial charge in [0.05, 0.1) is 10.0 Å². The predicted octanol–water partition coefficient (Wildman–Crippen LogP) is 3.89. The first-order valence-corrected chi connectivity index (χ1v) is 6.83. The van der Waals surface area contributed by atoms with Gasteiger partial charge in [-0.1, -0.05) is 30.1 Å². The van der Waals surface area contributed by atoms with Gasteiger partial charge in [-0.3, -0.25) is 10.1 Å². The predicted molar refractivity (Wildman–Crippen MR) is 77.3 cm³/mol. The molecule has 5 nitrogen and oxygen atoms in total. The maximum Gasteiger partial charge on any atom is 0.411 e. The molecule has 0 radical (unpaired) electrons. The average Bonchev–Trinajstić information content (AvgIpc) is 2.39. The highest BCUT2D eigenvalue weighted by molar-refractivity contribution is 6.42. The lowest BCUT2D eigenvalue weighted by molar-refractivity contribution is -0.144. The van der Waals surface area contributed by atoms with Crippen LogP contribution in [-0.4, -0.2) is 25.3 Å². The largest absolute Gasteiger partial charge is 0.462 e. The summed E-state index contributed by atoms with van der Waals surface area (Å²) in [6.07, 6.45) is 0.419. The average molecular weight is 320 g/mol. The molecule has 1 aromatic rings. The monoisotopic (exact) mass is 319 g/mol. The zero-order valence-corrected chi connectivity index (χ0v) is 12.5. The van der Waals surface area contributed by atoms with Crippen molar-refractivity contribution in [2.24, 2.45) is 0 Å². The fourth-order valence-electron chi connectivity index (χ4n) is 1.29. The number of carbonyl (C=O) groups is 2. The van der Waals surface area contributed by atoms with E-state index in [1.165, 1.54) is 6.07 Å². The summed E-state index contributed by atoms with van der Waals surface area (Å²) in [5.41, 5.74) is 0.465. The van der Waals surface area contributed by atoms with E-state index in [0.29, 0.717) is 22.2 Å². The van der Waals surface area contributed by atoms with Gasteiger partial charge in [-0.25, -0.2) is 4.79 Å². The van der Waals surface area contributed by atoms with Gasteiger partial charge in [0.1, 0.15) is 13.2 Å². The molecule has 110 valence electrons. The molecular formula is C13H15Cl2NO4. The fraction of sp³-hybridized carbons (Fsp3) is 0.385. The maximum absolute atomic E-state index is 11.4. The molecule has 1 rings (SSSR count). The highest BCUT2D eigenvalue weighted by atomic mass is 35.5. The van der Waals surface area contributed by atoms with Gasteiger partial charge in [0.25, 0.3) is 0 Å². The number of hydrogen-bond acceptors (Lipinski definition) is 4. The van der Waals surface area contributed by atoms with Crippen LogP contribution in [0.3, 0.4) is 0 Å². The second-order valence-electron chi connectivity index (χ2n) is 3.86. The minimum absolute atomic E-state index is 0.0113. The Morgan fingerprint density at radius 1 is 1.15 bits per heavy atom. The topological polar surface area (TPSA) is 64.6 Å². The lowest BCUT2D eigenvalue weighted by Gasteiger charge is -2.08. The van der Waals surface area contributed by atoms with Crippen LogP contribution in [-0.2, 0) is 14.3 Å². The highest BCUT2D eigenvalue weighted by Gasteiger charge is 2.06. The highest BCUT2D eigenvalue weighted by Crippen LogP contribution is 2.24. The van der Waals surface area contributed by atoms with Gasteiger partial charge < -0.3 is 9.47 Å². The summed E-state index contributed by atoms with van der Waals surface area (Å²) in [5.74, 6) is -0.305. The Bertz CT molecular complexity index is 479. The molecule has 0 heterocycles. The summed E-state index contributed by atoms with van der Waals surface area (Å²) in [5, 5.41) is 3.21. The zero-order valence-electron chi connectivity index (χ0n) is 10.9. The third-order valence-electron chi connectivity index (χ3n) is 2.20. The summed E-state index contributed by atoms with van der Waals surface area (Å²) in [7, 11) is 0. The smallest absolute Gasteiger partial charge is 0.411 e. The van der Waals surface area contributed by atoms with Gasteiger partial charge in [0.15, 0.2) is 0 Å². The van der Waals surface area contributed by atoms with Crippen molar-refractivity contribution in [2.45, 2.75) is 19.8 Å². The van der Waals surface area contributed by atoms with Crippen LogP contribution in [0, 0.1) is 0 Å². The molecule has 0 atom stereocenters. The Balaban J connectivity index is 2.26. The number of ether oxygens (including phenoxy) is 2. The number of anilines is 1. The van der Waals surface area contributed by atoms with Gasteiger partial charge in [0, 0.05) is 12.1 Å². The van der Waals surface area contributed by atoms with Crippen LogP contribution >= 0.6 is 23.2 Å². The number of esters is 1. The number of benzene rings is 1. The molecule has 1 aromatic carbocycles. The van der Waals surface area contributed by atoms with E-state index in [2.05, 4.69) is 5.32 Å². The first-order chi connectivity index (χ1) is 9.52. The van der Waals surface area contributed by atoms with Crippen molar-refractivity contribution < 1.29 is 19.1 Å². The van der Waals surface area contributed by atoms with Crippen molar-refractivity contribution in [3.05, 3.63) is 28.2 Å². The number of rotatable bonds is 6. The summed E-state index contributed by atoms with van der Waals surface area (Å²) < 4.78 is 9.68.